The van der Waals surface area contributed by atoms with E-state index in [1.807, 2.05) is 37.4 Å². The smallest absolute Gasteiger partial charge is 0.153 e. The highest BCUT2D eigenvalue weighted by atomic mass is 16.3. The van der Waals surface area contributed by atoms with Crippen LogP contribution < -0.4 is 0 Å². The Morgan fingerprint density at radius 3 is 2.76 bits per heavy atom. The summed E-state index contributed by atoms with van der Waals surface area (Å²) < 4.78 is 1.72. The van der Waals surface area contributed by atoms with Crippen LogP contribution in [0.15, 0.2) is 42.6 Å². The fraction of sp³-hybridized carbons (Fsp3) is 0.0769. The average Bonchev–Trinajstić information content (AvgIpc) is 2.68. The fourth-order valence-corrected chi connectivity index (χ4v) is 1.83. The number of aromatic hydroxyl groups is 1. The number of para-hydroxylation sites is 1. The summed E-state index contributed by atoms with van der Waals surface area (Å²) in [4.78, 5) is 4.31. The molecule has 0 aliphatic carbocycles. The van der Waals surface area contributed by atoms with Crippen molar-refractivity contribution in [2.45, 2.75) is 6.92 Å². The van der Waals surface area contributed by atoms with Gasteiger partial charge in [-0.05, 0) is 31.2 Å². The first-order valence-corrected chi connectivity index (χ1v) is 5.35. The van der Waals surface area contributed by atoms with E-state index in [2.05, 4.69) is 10.1 Å². The number of fused-ring (bicyclic) bond motifs is 1. The fourth-order valence-electron chi connectivity index (χ4n) is 1.83. The number of aryl methyl sites for hydroxylation is 1. The standard InChI is InChI=1S/C13H11N3O/c1-9-8-16-13(14-9)7-6-11(15-16)10-4-2-3-5-12(10)17/h2-8,17H,1H3. The van der Waals surface area contributed by atoms with E-state index in [4.69, 9.17) is 0 Å². The molecule has 0 amide bonds. The largest absolute Gasteiger partial charge is 0.507 e. The molecule has 2 heterocycles. The summed E-state index contributed by atoms with van der Waals surface area (Å²) in [5.41, 5.74) is 3.18. The van der Waals surface area contributed by atoms with Gasteiger partial charge in [-0.25, -0.2) is 9.50 Å². The first-order valence-electron chi connectivity index (χ1n) is 5.35. The van der Waals surface area contributed by atoms with Gasteiger partial charge in [0.15, 0.2) is 5.65 Å². The van der Waals surface area contributed by atoms with Crippen molar-refractivity contribution in [2.75, 3.05) is 0 Å². The minimum atomic E-state index is 0.233. The molecule has 0 aliphatic heterocycles. The van der Waals surface area contributed by atoms with Crippen molar-refractivity contribution in [3.8, 4) is 17.0 Å². The van der Waals surface area contributed by atoms with Crippen LogP contribution in [-0.4, -0.2) is 19.7 Å². The lowest BCUT2D eigenvalue weighted by molar-refractivity contribution is 0.477. The van der Waals surface area contributed by atoms with Gasteiger partial charge in [0, 0.05) is 5.56 Å². The molecule has 17 heavy (non-hydrogen) atoms. The number of hydrogen-bond acceptors (Lipinski definition) is 3. The third-order valence-corrected chi connectivity index (χ3v) is 2.62. The Morgan fingerprint density at radius 1 is 1.12 bits per heavy atom. The Labute approximate surface area is 98.2 Å². The van der Waals surface area contributed by atoms with Crippen molar-refractivity contribution in [3.05, 3.63) is 48.3 Å². The zero-order valence-corrected chi connectivity index (χ0v) is 9.33. The second kappa shape index (κ2) is 3.59. The summed E-state index contributed by atoms with van der Waals surface area (Å²) >= 11 is 0. The highest BCUT2D eigenvalue weighted by molar-refractivity contribution is 5.67. The number of phenolic OH excluding ortho intramolecular Hbond substituents is 1. The van der Waals surface area contributed by atoms with Crippen LogP contribution in [0.3, 0.4) is 0 Å². The lowest BCUT2D eigenvalue weighted by atomic mass is 10.1. The lowest BCUT2D eigenvalue weighted by Gasteiger charge is -2.03. The van der Waals surface area contributed by atoms with Gasteiger partial charge in [-0.15, -0.1) is 0 Å². The molecule has 3 aromatic rings. The van der Waals surface area contributed by atoms with E-state index in [0.29, 0.717) is 0 Å². The Kier molecular flexibility index (Phi) is 2.08. The van der Waals surface area contributed by atoms with Crippen LogP contribution in [0.2, 0.25) is 0 Å². The normalized spacial score (nSPS) is 10.9. The molecule has 4 heteroatoms. The summed E-state index contributed by atoms with van der Waals surface area (Å²) in [6, 6.07) is 10.9. The van der Waals surface area contributed by atoms with Gasteiger partial charge in [-0.3, -0.25) is 0 Å². The summed E-state index contributed by atoms with van der Waals surface area (Å²) in [7, 11) is 0. The maximum absolute atomic E-state index is 9.78. The highest BCUT2D eigenvalue weighted by Gasteiger charge is 2.06. The molecule has 0 unspecified atom stereocenters. The monoisotopic (exact) mass is 225 g/mol. The minimum absolute atomic E-state index is 0.233. The van der Waals surface area contributed by atoms with Crippen molar-refractivity contribution in [1.82, 2.24) is 14.6 Å². The number of benzene rings is 1. The molecule has 0 spiro atoms. The van der Waals surface area contributed by atoms with Crippen molar-refractivity contribution < 1.29 is 5.11 Å². The SMILES string of the molecule is Cc1cn2nc(-c3ccccc3O)ccc2n1. The van der Waals surface area contributed by atoms with Crippen molar-refractivity contribution in [2.24, 2.45) is 0 Å². The molecular formula is C13H11N3O. The Balaban J connectivity index is 2.21. The summed E-state index contributed by atoms with van der Waals surface area (Å²) in [6.45, 7) is 1.92. The second-order valence-electron chi connectivity index (χ2n) is 3.92. The number of nitrogens with zero attached hydrogens (tertiary/aromatic N) is 3. The van der Waals surface area contributed by atoms with Crippen LogP contribution in [-0.2, 0) is 0 Å². The molecule has 4 nitrogen and oxygen atoms in total. The van der Waals surface area contributed by atoms with Crippen molar-refractivity contribution in [3.63, 3.8) is 0 Å². The topological polar surface area (TPSA) is 50.4 Å². The Bertz CT molecular complexity index is 688. The third-order valence-electron chi connectivity index (χ3n) is 2.62. The molecule has 0 aliphatic rings. The van der Waals surface area contributed by atoms with Crippen molar-refractivity contribution in [1.29, 1.82) is 0 Å². The number of rotatable bonds is 1. The van der Waals surface area contributed by atoms with Crippen LogP contribution in [0.25, 0.3) is 16.9 Å². The Hall–Kier alpha value is -2.36. The summed E-state index contributed by atoms with van der Waals surface area (Å²) in [5.74, 6) is 0.233. The van der Waals surface area contributed by atoms with E-state index in [-0.39, 0.29) is 5.75 Å². The number of aromatic nitrogens is 3. The second-order valence-corrected chi connectivity index (χ2v) is 3.92. The molecule has 3 rings (SSSR count). The Morgan fingerprint density at radius 2 is 1.94 bits per heavy atom. The minimum Gasteiger partial charge on any atom is -0.507 e. The molecule has 1 N–H and O–H groups in total. The van der Waals surface area contributed by atoms with Crippen LogP contribution >= 0.6 is 0 Å². The van der Waals surface area contributed by atoms with E-state index in [0.717, 1.165) is 22.6 Å². The van der Waals surface area contributed by atoms with Crippen LogP contribution in [0.5, 0.6) is 5.75 Å². The average molecular weight is 225 g/mol. The van der Waals surface area contributed by atoms with Crippen LogP contribution in [0, 0.1) is 6.92 Å². The van der Waals surface area contributed by atoms with Crippen LogP contribution in [0.4, 0.5) is 0 Å². The maximum atomic E-state index is 9.78. The van der Waals surface area contributed by atoms with E-state index in [1.54, 1.807) is 16.6 Å². The highest BCUT2D eigenvalue weighted by Crippen LogP contribution is 2.26. The molecule has 0 saturated heterocycles. The first-order chi connectivity index (χ1) is 8.24. The molecule has 0 atom stereocenters. The van der Waals surface area contributed by atoms with E-state index in [1.165, 1.54) is 0 Å². The third kappa shape index (κ3) is 1.63. The molecule has 84 valence electrons. The molecule has 0 bridgehead atoms. The van der Waals surface area contributed by atoms with Crippen LogP contribution in [0.1, 0.15) is 5.69 Å². The molecule has 1 aromatic carbocycles. The first kappa shape index (κ1) is 9.84. The van der Waals surface area contributed by atoms with Crippen molar-refractivity contribution >= 4 is 5.65 Å². The molecule has 2 aromatic heterocycles. The predicted octanol–water partition coefficient (Wildman–Crippen LogP) is 2.41. The zero-order chi connectivity index (χ0) is 11.8. The lowest BCUT2D eigenvalue weighted by Crippen LogP contribution is -1.93. The van der Waals surface area contributed by atoms with Gasteiger partial charge < -0.3 is 5.11 Å². The van der Waals surface area contributed by atoms with Gasteiger partial charge in [0.2, 0.25) is 0 Å². The molecule has 0 saturated carbocycles. The molecule has 0 fully saturated rings. The number of phenols is 1. The maximum Gasteiger partial charge on any atom is 0.153 e. The summed E-state index contributed by atoms with van der Waals surface area (Å²) in [6.07, 6.45) is 1.86. The van der Waals surface area contributed by atoms with E-state index < -0.39 is 0 Å². The predicted molar refractivity (Wildman–Crippen MR) is 64.8 cm³/mol. The van der Waals surface area contributed by atoms with E-state index in [9.17, 15) is 5.11 Å². The quantitative estimate of drug-likeness (QED) is 0.691. The zero-order valence-electron chi connectivity index (χ0n) is 9.33. The van der Waals surface area contributed by atoms with Gasteiger partial charge in [0.1, 0.15) is 5.75 Å². The number of imidazole rings is 1. The number of hydrogen-bond donors (Lipinski definition) is 1. The summed E-state index contributed by atoms with van der Waals surface area (Å²) in [5, 5.41) is 14.2. The molecular weight excluding hydrogens is 214 g/mol. The van der Waals surface area contributed by atoms with Gasteiger partial charge in [-0.2, -0.15) is 5.10 Å². The van der Waals surface area contributed by atoms with Gasteiger partial charge >= 0.3 is 0 Å². The van der Waals surface area contributed by atoms with Gasteiger partial charge in [0.05, 0.1) is 17.6 Å². The van der Waals surface area contributed by atoms with Gasteiger partial charge in [0.25, 0.3) is 0 Å². The van der Waals surface area contributed by atoms with Gasteiger partial charge in [-0.1, -0.05) is 12.1 Å². The molecule has 0 radical (unpaired) electrons. The van der Waals surface area contributed by atoms with E-state index >= 15 is 0 Å².